The van der Waals surface area contributed by atoms with Crippen molar-refractivity contribution < 1.29 is 13.2 Å². The molecule has 1 aromatic carbocycles. The van der Waals surface area contributed by atoms with E-state index in [1.807, 2.05) is 12.1 Å². The molecular weight excluding hydrogens is 479 g/mol. The fourth-order valence-electron chi connectivity index (χ4n) is 2.77. The fourth-order valence-corrected chi connectivity index (χ4v) is 3.73. The molecule has 1 atom stereocenters. The molecule has 0 radical (unpaired) electrons. The fraction of sp³-hybridized carbons (Fsp3) is 0.611. The van der Waals surface area contributed by atoms with E-state index >= 15 is 0 Å². The second kappa shape index (κ2) is 12.5. The van der Waals surface area contributed by atoms with E-state index in [4.69, 9.17) is 4.74 Å². The molecule has 1 unspecified atom stereocenters. The zero-order chi connectivity index (χ0) is 18.8. The number of nitrogens with zero attached hydrogens (tertiary/aromatic N) is 1. The minimum Gasteiger partial charge on any atom is -0.377 e. The lowest BCUT2D eigenvalue weighted by Crippen LogP contribution is -2.42. The zero-order valence-electron chi connectivity index (χ0n) is 16.0. The zero-order valence-corrected chi connectivity index (χ0v) is 19.2. The van der Waals surface area contributed by atoms with Gasteiger partial charge in [0.05, 0.1) is 11.9 Å². The number of ether oxygens (including phenoxy) is 1. The van der Waals surface area contributed by atoms with Crippen LogP contribution in [-0.2, 0) is 21.3 Å². The second-order valence-electron chi connectivity index (χ2n) is 6.43. The van der Waals surface area contributed by atoms with Gasteiger partial charge < -0.3 is 15.4 Å². The van der Waals surface area contributed by atoms with Crippen LogP contribution in [0, 0.1) is 6.92 Å². The molecule has 27 heavy (non-hydrogen) atoms. The van der Waals surface area contributed by atoms with E-state index in [2.05, 4.69) is 39.4 Å². The number of sulfonamides is 1. The number of aliphatic imine (C=N–C) groups is 1. The van der Waals surface area contributed by atoms with E-state index in [-0.39, 0.29) is 42.4 Å². The molecule has 9 heteroatoms. The Kier molecular flexibility index (Phi) is 11.2. The van der Waals surface area contributed by atoms with Crippen LogP contribution in [0.2, 0.25) is 0 Å². The van der Waals surface area contributed by atoms with Crippen molar-refractivity contribution in [2.75, 3.05) is 32.5 Å². The first-order valence-electron chi connectivity index (χ1n) is 9.08. The third kappa shape index (κ3) is 9.22. The van der Waals surface area contributed by atoms with Crippen LogP contribution in [-0.4, -0.2) is 53.0 Å². The van der Waals surface area contributed by atoms with E-state index in [1.54, 1.807) is 7.05 Å². The summed E-state index contributed by atoms with van der Waals surface area (Å²) in [6.45, 7) is 4.05. The summed E-state index contributed by atoms with van der Waals surface area (Å²) < 4.78 is 32.4. The average Bonchev–Trinajstić information content (AvgIpc) is 2.65. The predicted octanol–water partition coefficient (Wildman–Crippen LogP) is 1.77. The molecule has 7 nitrogen and oxygen atoms in total. The molecule has 0 aliphatic carbocycles. The number of hydrogen-bond acceptors (Lipinski definition) is 4. The Labute approximate surface area is 179 Å². The van der Waals surface area contributed by atoms with Gasteiger partial charge in [0, 0.05) is 33.3 Å². The molecule has 2 rings (SSSR count). The summed E-state index contributed by atoms with van der Waals surface area (Å²) in [6, 6.07) is 8.11. The Morgan fingerprint density at radius 3 is 2.70 bits per heavy atom. The van der Waals surface area contributed by atoms with Crippen molar-refractivity contribution in [3.8, 4) is 0 Å². The van der Waals surface area contributed by atoms with Gasteiger partial charge in [-0.15, -0.1) is 24.0 Å². The third-order valence-electron chi connectivity index (χ3n) is 4.40. The first kappa shape index (κ1) is 24.1. The summed E-state index contributed by atoms with van der Waals surface area (Å²) in [5.41, 5.74) is 2.38. The molecule has 154 valence electrons. The molecule has 1 aliphatic rings. The van der Waals surface area contributed by atoms with Crippen LogP contribution in [0.15, 0.2) is 29.3 Å². The standard InChI is InChI=1S/C18H30N4O3S.HI/c1-15-7-3-4-8-16(15)13-21-18(19-2)20-10-12-26(23,24)22-14-17-9-5-6-11-25-17;/h3-4,7-8,17,22H,5-6,9-14H2,1-2H3,(H2,19,20,21);1H. The quantitative estimate of drug-likeness (QED) is 0.282. The van der Waals surface area contributed by atoms with Crippen molar-refractivity contribution in [2.45, 2.75) is 38.8 Å². The van der Waals surface area contributed by atoms with Gasteiger partial charge in [-0.3, -0.25) is 4.99 Å². The molecule has 1 heterocycles. The molecule has 1 aromatic rings. The molecule has 0 saturated carbocycles. The Morgan fingerprint density at radius 2 is 2.04 bits per heavy atom. The summed E-state index contributed by atoms with van der Waals surface area (Å²) in [5.74, 6) is 0.573. The van der Waals surface area contributed by atoms with Crippen molar-refractivity contribution in [1.82, 2.24) is 15.4 Å². The Morgan fingerprint density at radius 1 is 1.26 bits per heavy atom. The number of hydrogen-bond donors (Lipinski definition) is 3. The lowest BCUT2D eigenvalue weighted by Gasteiger charge is -2.22. The van der Waals surface area contributed by atoms with Gasteiger partial charge in [-0.2, -0.15) is 0 Å². The number of nitrogens with one attached hydrogen (secondary N) is 3. The molecule has 0 bridgehead atoms. The highest BCUT2D eigenvalue weighted by atomic mass is 127. The summed E-state index contributed by atoms with van der Waals surface area (Å²) in [5, 5.41) is 6.24. The highest BCUT2D eigenvalue weighted by Gasteiger charge is 2.17. The van der Waals surface area contributed by atoms with Gasteiger partial charge in [0.2, 0.25) is 10.0 Å². The minimum absolute atomic E-state index is 0. The van der Waals surface area contributed by atoms with Crippen molar-refractivity contribution in [2.24, 2.45) is 4.99 Å². The van der Waals surface area contributed by atoms with E-state index in [0.29, 0.717) is 19.0 Å². The maximum absolute atomic E-state index is 12.1. The largest absolute Gasteiger partial charge is 0.377 e. The van der Waals surface area contributed by atoms with Crippen LogP contribution in [0.1, 0.15) is 30.4 Å². The van der Waals surface area contributed by atoms with E-state index in [0.717, 1.165) is 25.9 Å². The molecule has 0 spiro atoms. The van der Waals surface area contributed by atoms with Gasteiger partial charge in [-0.25, -0.2) is 13.1 Å². The predicted molar refractivity (Wildman–Crippen MR) is 120 cm³/mol. The minimum atomic E-state index is -3.33. The van der Waals surface area contributed by atoms with Crippen LogP contribution in [0.4, 0.5) is 0 Å². The summed E-state index contributed by atoms with van der Waals surface area (Å²) >= 11 is 0. The maximum atomic E-state index is 12.1. The summed E-state index contributed by atoms with van der Waals surface area (Å²) in [4.78, 5) is 4.13. The lowest BCUT2D eigenvalue weighted by atomic mass is 10.1. The molecule has 1 saturated heterocycles. The molecular formula is C18H31IN4O3S. The molecule has 0 aromatic heterocycles. The van der Waals surface area contributed by atoms with Crippen molar-refractivity contribution in [3.05, 3.63) is 35.4 Å². The van der Waals surface area contributed by atoms with Gasteiger partial charge >= 0.3 is 0 Å². The van der Waals surface area contributed by atoms with Crippen molar-refractivity contribution in [3.63, 3.8) is 0 Å². The average molecular weight is 510 g/mol. The van der Waals surface area contributed by atoms with E-state index in [9.17, 15) is 8.42 Å². The van der Waals surface area contributed by atoms with Crippen LogP contribution >= 0.6 is 24.0 Å². The van der Waals surface area contributed by atoms with Crippen molar-refractivity contribution >= 4 is 40.0 Å². The lowest BCUT2D eigenvalue weighted by molar-refractivity contribution is 0.0200. The van der Waals surface area contributed by atoms with Crippen LogP contribution in [0.3, 0.4) is 0 Å². The molecule has 3 N–H and O–H groups in total. The normalized spacial score (nSPS) is 17.9. The van der Waals surface area contributed by atoms with Crippen molar-refractivity contribution in [1.29, 1.82) is 0 Å². The molecule has 1 aliphatic heterocycles. The van der Waals surface area contributed by atoms with Gasteiger partial charge in [0.15, 0.2) is 5.96 Å². The monoisotopic (exact) mass is 510 g/mol. The van der Waals surface area contributed by atoms with Crippen LogP contribution in [0.5, 0.6) is 0 Å². The first-order valence-corrected chi connectivity index (χ1v) is 10.7. The topological polar surface area (TPSA) is 91.8 Å². The highest BCUT2D eigenvalue weighted by molar-refractivity contribution is 14.0. The first-order chi connectivity index (χ1) is 12.5. The van der Waals surface area contributed by atoms with E-state index < -0.39 is 10.0 Å². The number of rotatable bonds is 8. The smallest absolute Gasteiger partial charge is 0.213 e. The molecule has 1 fully saturated rings. The Hall–Kier alpha value is -0.910. The number of halogens is 1. The SMILES string of the molecule is CN=C(NCCS(=O)(=O)NCC1CCCCO1)NCc1ccccc1C.I. The van der Waals surface area contributed by atoms with Crippen LogP contribution < -0.4 is 15.4 Å². The third-order valence-corrected chi connectivity index (χ3v) is 5.75. The van der Waals surface area contributed by atoms with Gasteiger partial charge in [-0.05, 0) is 37.3 Å². The number of guanidine groups is 1. The number of aryl methyl sites for hydroxylation is 1. The van der Waals surface area contributed by atoms with E-state index in [1.165, 1.54) is 11.1 Å². The molecule has 0 amide bonds. The maximum Gasteiger partial charge on any atom is 0.213 e. The van der Waals surface area contributed by atoms with Gasteiger partial charge in [-0.1, -0.05) is 24.3 Å². The number of benzene rings is 1. The van der Waals surface area contributed by atoms with Gasteiger partial charge in [0.1, 0.15) is 0 Å². The Balaban J connectivity index is 0.00000364. The summed E-state index contributed by atoms with van der Waals surface area (Å²) in [7, 11) is -1.67. The van der Waals surface area contributed by atoms with Gasteiger partial charge in [0.25, 0.3) is 0 Å². The Bertz CT molecular complexity index is 692. The second-order valence-corrected chi connectivity index (χ2v) is 8.36. The summed E-state index contributed by atoms with van der Waals surface area (Å²) in [6.07, 6.45) is 3.06. The highest BCUT2D eigenvalue weighted by Crippen LogP contribution is 2.11. The van der Waals surface area contributed by atoms with Crippen LogP contribution in [0.25, 0.3) is 0 Å².